The third-order valence-electron chi connectivity index (χ3n) is 5.29. The predicted octanol–water partition coefficient (Wildman–Crippen LogP) is 3.13. The van der Waals surface area contributed by atoms with E-state index < -0.39 is 14.6 Å². The maximum absolute atomic E-state index is 13.0. The molecule has 0 spiro atoms. The normalized spacial score (nSPS) is 17.9. The van der Waals surface area contributed by atoms with E-state index in [1.54, 1.807) is 32.0 Å². The van der Waals surface area contributed by atoms with Crippen LogP contribution in [0.5, 0.6) is 0 Å². The Bertz CT molecular complexity index is 1020. The fourth-order valence-corrected chi connectivity index (χ4v) is 4.54. The van der Waals surface area contributed by atoms with Crippen molar-refractivity contribution in [2.75, 3.05) is 30.4 Å². The maximum atomic E-state index is 13.0. The summed E-state index contributed by atoms with van der Waals surface area (Å²) < 4.78 is 30.3. The van der Waals surface area contributed by atoms with Gasteiger partial charge < -0.3 is 15.4 Å². The molecule has 156 valence electrons. The van der Waals surface area contributed by atoms with Crippen molar-refractivity contribution in [1.29, 1.82) is 0 Å². The van der Waals surface area contributed by atoms with Crippen LogP contribution >= 0.6 is 0 Å². The first-order valence-electron chi connectivity index (χ1n) is 9.54. The Labute approximate surface area is 172 Å². The Kier molecular flexibility index (Phi) is 5.69. The summed E-state index contributed by atoms with van der Waals surface area (Å²) in [5.41, 5.74) is 7.64. The number of hydrogen-bond acceptors (Lipinski definition) is 7. The number of morpholine rings is 1. The first-order valence-corrected chi connectivity index (χ1v) is 11.0. The fraction of sp³-hybridized carbons (Fsp3) is 0.429. The van der Waals surface area contributed by atoms with Crippen molar-refractivity contribution in [1.82, 2.24) is 9.97 Å². The third kappa shape index (κ3) is 4.00. The molecule has 7 nitrogen and oxygen atoms in total. The molecule has 0 saturated carbocycles. The summed E-state index contributed by atoms with van der Waals surface area (Å²) in [6.07, 6.45) is 0. The van der Waals surface area contributed by atoms with Gasteiger partial charge in [0.2, 0.25) is 0 Å². The predicted molar refractivity (Wildman–Crippen MR) is 116 cm³/mol. The van der Waals surface area contributed by atoms with Gasteiger partial charge >= 0.3 is 0 Å². The van der Waals surface area contributed by atoms with Gasteiger partial charge in [-0.1, -0.05) is 6.58 Å². The Hall–Kier alpha value is -2.45. The van der Waals surface area contributed by atoms with Crippen LogP contribution in [0.3, 0.4) is 0 Å². The molecule has 1 aliphatic rings. The second-order valence-corrected chi connectivity index (χ2v) is 10.6. The molecule has 8 heteroatoms. The molecule has 2 N–H and O–H groups in total. The van der Waals surface area contributed by atoms with E-state index in [1.807, 2.05) is 12.1 Å². The van der Waals surface area contributed by atoms with Gasteiger partial charge in [0.25, 0.3) is 0 Å². The molecular weight excluding hydrogens is 388 g/mol. The zero-order chi connectivity index (χ0) is 21.4. The minimum absolute atomic E-state index is 0.108. The molecule has 1 atom stereocenters. The number of aromatic nitrogens is 2. The van der Waals surface area contributed by atoms with Gasteiger partial charge in [0.05, 0.1) is 24.9 Å². The number of rotatable bonds is 5. The topological polar surface area (TPSA) is 98.4 Å². The van der Waals surface area contributed by atoms with Crippen LogP contribution in [0.1, 0.15) is 33.4 Å². The number of allylic oxidation sites excluding steroid dienone is 1. The molecule has 29 heavy (non-hydrogen) atoms. The number of nitrogen functional groups attached to an aromatic ring is 1. The minimum Gasteiger partial charge on any atom is -0.399 e. The Morgan fingerprint density at radius 1 is 1.28 bits per heavy atom. The molecule has 2 heterocycles. The van der Waals surface area contributed by atoms with E-state index in [1.165, 1.54) is 6.92 Å². The lowest BCUT2D eigenvalue weighted by Gasteiger charge is -2.35. The first kappa shape index (κ1) is 21.3. The number of sulfone groups is 1. The summed E-state index contributed by atoms with van der Waals surface area (Å²) in [6.45, 7) is 12.4. The van der Waals surface area contributed by atoms with Crippen molar-refractivity contribution in [3.8, 4) is 11.4 Å². The lowest BCUT2D eigenvalue weighted by Crippen LogP contribution is -2.44. The molecule has 0 amide bonds. The highest BCUT2D eigenvalue weighted by atomic mass is 32.2. The van der Waals surface area contributed by atoms with E-state index in [9.17, 15) is 8.42 Å². The molecule has 3 rings (SSSR count). The highest BCUT2D eigenvalue weighted by Gasteiger charge is 2.39. The summed E-state index contributed by atoms with van der Waals surface area (Å²) in [4.78, 5) is 11.6. The quantitative estimate of drug-likeness (QED) is 0.748. The average molecular weight is 417 g/mol. The number of ether oxygens (including phenoxy) is 1. The monoisotopic (exact) mass is 416 g/mol. The summed E-state index contributed by atoms with van der Waals surface area (Å²) in [5, 5.41) is 0. The van der Waals surface area contributed by atoms with Crippen LogP contribution in [0.15, 0.2) is 41.8 Å². The number of nitrogens with zero attached hydrogens (tertiary/aromatic N) is 3. The van der Waals surface area contributed by atoms with Crippen molar-refractivity contribution >= 4 is 21.3 Å². The first-order chi connectivity index (χ1) is 13.5. The summed E-state index contributed by atoms with van der Waals surface area (Å²) in [5.74, 6) is 1.14. The smallest absolute Gasteiger partial charge is 0.184 e. The van der Waals surface area contributed by atoms with E-state index >= 15 is 0 Å². The zero-order valence-electron chi connectivity index (χ0n) is 17.3. The number of hydrogen-bond donors (Lipinski definition) is 1. The largest absolute Gasteiger partial charge is 0.399 e. The van der Waals surface area contributed by atoms with Crippen LogP contribution in [0.25, 0.3) is 11.4 Å². The SMILES string of the molecule is C=C(C)S(=O)(=O)C(C)(C)c1cc(N2CCOC[C@@H]2C)nc(-c2ccc(N)cc2)n1. The average Bonchev–Trinajstić information content (AvgIpc) is 2.68. The van der Waals surface area contributed by atoms with Crippen LogP contribution in [-0.2, 0) is 19.3 Å². The number of anilines is 2. The molecule has 0 unspecified atom stereocenters. The van der Waals surface area contributed by atoms with Crippen LogP contribution in [0.2, 0.25) is 0 Å². The van der Waals surface area contributed by atoms with Crippen molar-refractivity contribution in [2.24, 2.45) is 0 Å². The van der Waals surface area contributed by atoms with Crippen LogP contribution in [0.4, 0.5) is 11.5 Å². The van der Waals surface area contributed by atoms with Crippen molar-refractivity contribution in [3.63, 3.8) is 0 Å². The fourth-order valence-electron chi connectivity index (χ4n) is 3.29. The Morgan fingerprint density at radius 3 is 2.52 bits per heavy atom. The molecule has 0 radical (unpaired) electrons. The third-order valence-corrected chi connectivity index (χ3v) is 7.76. The van der Waals surface area contributed by atoms with E-state index in [0.717, 1.165) is 5.56 Å². The Balaban J connectivity index is 2.20. The summed E-state index contributed by atoms with van der Waals surface area (Å²) >= 11 is 0. The highest BCUT2D eigenvalue weighted by Crippen LogP contribution is 2.35. The van der Waals surface area contributed by atoms with Crippen molar-refractivity contribution < 1.29 is 13.2 Å². The second kappa shape index (κ2) is 7.76. The lowest BCUT2D eigenvalue weighted by atomic mass is 10.1. The molecule has 2 aromatic rings. The second-order valence-electron chi connectivity index (χ2n) is 7.89. The van der Waals surface area contributed by atoms with E-state index in [4.69, 9.17) is 15.5 Å². The standard InChI is InChI=1S/C21H28N4O3S/c1-14(2)29(26,27)21(4,5)18-12-19(25-10-11-28-13-15(25)3)24-20(23-18)16-6-8-17(22)9-7-16/h6-9,12,15H,1,10-11,13,22H2,2-5H3/t15-/m0/s1. The van der Waals surface area contributed by atoms with Crippen LogP contribution in [-0.4, -0.2) is 44.2 Å². The van der Waals surface area contributed by atoms with Crippen LogP contribution in [0, 0.1) is 0 Å². The summed E-state index contributed by atoms with van der Waals surface area (Å²) in [7, 11) is -3.64. The molecule has 1 aromatic carbocycles. The van der Waals surface area contributed by atoms with Gasteiger partial charge in [-0.15, -0.1) is 0 Å². The van der Waals surface area contributed by atoms with Gasteiger partial charge in [-0.05, 0) is 52.0 Å². The van der Waals surface area contributed by atoms with Gasteiger partial charge in [0, 0.05) is 28.8 Å². The molecule has 1 saturated heterocycles. The lowest BCUT2D eigenvalue weighted by molar-refractivity contribution is 0.0985. The number of benzene rings is 1. The van der Waals surface area contributed by atoms with Gasteiger partial charge in [0.15, 0.2) is 15.7 Å². The van der Waals surface area contributed by atoms with E-state index in [-0.39, 0.29) is 10.9 Å². The van der Waals surface area contributed by atoms with Gasteiger partial charge in [-0.2, -0.15) is 0 Å². The van der Waals surface area contributed by atoms with Crippen molar-refractivity contribution in [2.45, 2.75) is 38.5 Å². The van der Waals surface area contributed by atoms with Gasteiger partial charge in [-0.3, -0.25) is 0 Å². The molecule has 1 aliphatic heterocycles. The van der Waals surface area contributed by atoms with Gasteiger partial charge in [0.1, 0.15) is 10.6 Å². The molecule has 1 fully saturated rings. The maximum Gasteiger partial charge on any atom is 0.184 e. The van der Waals surface area contributed by atoms with E-state index in [2.05, 4.69) is 23.4 Å². The minimum atomic E-state index is -3.64. The highest BCUT2D eigenvalue weighted by molar-refractivity contribution is 7.96. The molecule has 1 aromatic heterocycles. The summed E-state index contributed by atoms with van der Waals surface area (Å²) in [6, 6.07) is 9.11. The zero-order valence-corrected chi connectivity index (χ0v) is 18.2. The van der Waals surface area contributed by atoms with Gasteiger partial charge in [-0.25, -0.2) is 18.4 Å². The van der Waals surface area contributed by atoms with Crippen molar-refractivity contribution in [3.05, 3.63) is 47.5 Å². The molecule has 0 aliphatic carbocycles. The Morgan fingerprint density at radius 2 is 1.93 bits per heavy atom. The molecular formula is C21H28N4O3S. The molecule has 0 bridgehead atoms. The van der Waals surface area contributed by atoms with E-state index in [0.29, 0.717) is 42.8 Å². The van der Waals surface area contributed by atoms with Crippen LogP contribution < -0.4 is 10.6 Å². The number of nitrogens with two attached hydrogens (primary N) is 1.